The van der Waals surface area contributed by atoms with Crippen molar-refractivity contribution < 1.29 is 4.79 Å². The van der Waals surface area contributed by atoms with Gasteiger partial charge in [0.1, 0.15) is 4.88 Å². The maximum atomic E-state index is 12.3. The molecule has 0 radical (unpaired) electrons. The number of thiazole rings is 1. The molecule has 0 spiro atoms. The highest BCUT2D eigenvalue weighted by atomic mass is 32.1. The molecule has 0 saturated carbocycles. The number of carbonyl (C=O) groups excluding carboxylic acids is 1. The van der Waals surface area contributed by atoms with Gasteiger partial charge >= 0.3 is 0 Å². The highest BCUT2D eigenvalue weighted by Crippen LogP contribution is 2.23. The second-order valence-electron chi connectivity index (χ2n) is 5.76. The molecule has 2 aromatic heterocycles. The summed E-state index contributed by atoms with van der Waals surface area (Å²) in [6.45, 7) is 4.08. The molecule has 0 aromatic carbocycles. The van der Waals surface area contributed by atoms with Gasteiger partial charge in [-0.3, -0.25) is 10.1 Å². The SMILES string of the molecule is CCCc1ncc(C(=O)Nc2nc(C3CCNCC3)nn2C)s1. The van der Waals surface area contributed by atoms with Gasteiger partial charge in [0.15, 0.2) is 5.82 Å². The lowest BCUT2D eigenvalue weighted by Crippen LogP contribution is -2.27. The molecule has 0 aliphatic carbocycles. The van der Waals surface area contributed by atoms with E-state index in [1.807, 2.05) is 7.05 Å². The highest BCUT2D eigenvalue weighted by molar-refractivity contribution is 7.13. The van der Waals surface area contributed by atoms with Crippen molar-refractivity contribution in [1.82, 2.24) is 25.1 Å². The Morgan fingerprint density at radius 1 is 1.48 bits per heavy atom. The minimum Gasteiger partial charge on any atom is -0.317 e. The number of aryl methyl sites for hydroxylation is 2. The van der Waals surface area contributed by atoms with E-state index in [1.165, 1.54) is 11.3 Å². The van der Waals surface area contributed by atoms with Crippen LogP contribution in [0.15, 0.2) is 6.20 Å². The van der Waals surface area contributed by atoms with Crippen molar-refractivity contribution in [3.8, 4) is 0 Å². The van der Waals surface area contributed by atoms with Crippen molar-refractivity contribution in [3.63, 3.8) is 0 Å². The number of amides is 1. The van der Waals surface area contributed by atoms with E-state index in [0.29, 0.717) is 16.7 Å². The van der Waals surface area contributed by atoms with Crippen LogP contribution in [0, 0.1) is 0 Å². The van der Waals surface area contributed by atoms with Crippen molar-refractivity contribution in [3.05, 3.63) is 21.9 Å². The van der Waals surface area contributed by atoms with Gasteiger partial charge in [0.2, 0.25) is 5.95 Å². The Bertz CT molecular complexity index is 673. The summed E-state index contributed by atoms with van der Waals surface area (Å²) in [4.78, 5) is 21.7. The van der Waals surface area contributed by atoms with Gasteiger partial charge in [0.25, 0.3) is 5.91 Å². The molecule has 0 unspecified atom stereocenters. The summed E-state index contributed by atoms with van der Waals surface area (Å²) in [5.41, 5.74) is 0. The number of nitrogens with one attached hydrogen (secondary N) is 2. The molecule has 1 aliphatic heterocycles. The van der Waals surface area contributed by atoms with E-state index in [0.717, 1.165) is 49.6 Å². The van der Waals surface area contributed by atoms with Gasteiger partial charge in [-0.15, -0.1) is 11.3 Å². The number of anilines is 1. The molecule has 1 fully saturated rings. The standard InChI is InChI=1S/C15H22N6OS/c1-3-4-12-17-9-11(23-12)14(22)19-15-18-13(20-21(15)2)10-5-7-16-8-6-10/h9-10,16H,3-8H2,1-2H3,(H,18,19,20,22). The van der Waals surface area contributed by atoms with Crippen LogP contribution in [0.5, 0.6) is 0 Å². The Morgan fingerprint density at radius 3 is 3.00 bits per heavy atom. The third-order valence-electron chi connectivity index (χ3n) is 3.95. The third kappa shape index (κ3) is 3.76. The maximum absolute atomic E-state index is 12.3. The zero-order valence-corrected chi connectivity index (χ0v) is 14.3. The van der Waals surface area contributed by atoms with Crippen molar-refractivity contribution in [2.75, 3.05) is 18.4 Å². The lowest BCUT2D eigenvalue weighted by atomic mass is 9.98. The normalized spacial score (nSPS) is 15.7. The van der Waals surface area contributed by atoms with E-state index >= 15 is 0 Å². The molecule has 0 bridgehead atoms. The smallest absolute Gasteiger partial charge is 0.269 e. The lowest BCUT2D eigenvalue weighted by Gasteiger charge is -2.19. The average Bonchev–Trinajstić information content (AvgIpc) is 3.16. The number of hydrogen-bond acceptors (Lipinski definition) is 6. The third-order valence-corrected chi connectivity index (χ3v) is 5.01. The van der Waals surface area contributed by atoms with Crippen LogP contribution in [0.25, 0.3) is 0 Å². The Balaban J connectivity index is 1.69. The summed E-state index contributed by atoms with van der Waals surface area (Å²) in [6.07, 6.45) is 5.63. The molecule has 3 heterocycles. The summed E-state index contributed by atoms with van der Waals surface area (Å²) in [6, 6.07) is 0. The number of piperidine rings is 1. The second-order valence-corrected chi connectivity index (χ2v) is 6.88. The van der Waals surface area contributed by atoms with E-state index in [1.54, 1.807) is 10.9 Å². The zero-order valence-electron chi connectivity index (χ0n) is 13.5. The number of aromatic nitrogens is 4. The van der Waals surface area contributed by atoms with Crippen molar-refractivity contribution in [2.45, 2.75) is 38.5 Å². The van der Waals surface area contributed by atoms with Gasteiger partial charge in [-0.25, -0.2) is 9.67 Å². The first kappa shape index (κ1) is 16.1. The predicted molar refractivity (Wildman–Crippen MR) is 89.9 cm³/mol. The van der Waals surface area contributed by atoms with E-state index in [2.05, 4.69) is 32.6 Å². The monoisotopic (exact) mass is 334 g/mol. The molecule has 0 atom stereocenters. The average molecular weight is 334 g/mol. The van der Waals surface area contributed by atoms with Crippen molar-refractivity contribution in [2.24, 2.45) is 7.05 Å². The van der Waals surface area contributed by atoms with Crippen LogP contribution < -0.4 is 10.6 Å². The molecule has 1 saturated heterocycles. The highest BCUT2D eigenvalue weighted by Gasteiger charge is 2.22. The summed E-state index contributed by atoms with van der Waals surface area (Å²) >= 11 is 1.44. The van der Waals surface area contributed by atoms with Crippen LogP contribution in [0.2, 0.25) is 0 Å². The maximum Gasteiger partial charge on any atom is 0.269 e. The van der Waals surface area contributed by atoms with Gasteiger partial charge in [0.05, 0.1) is 11.2 Å². The lowest BCUT2D eigenvalue weighted by molar-refractivity contribution is 0.102. The molecule has 124 valence electrons. The molecule has 1 amide bonds. The van der Waals surface area contributed by atoms with E-state index < -0.39 is 0 Å². The molecule has 8 heteroatoms. The molecule has 2 N–H and O–H groups in total. The minimum absolute atomic E-state index is 0.169. The number of nitrogens with zero attached hydrogens (tertiary/aromatic N) is 4. The molecule has 23 heavy (non-hydrogen) atoms. The Kier molecular flexibility index (Phi) is 5.02. The number of hydrogen-bond donors (Lipinski definition) is 2. The van der Waals surface area contributed by atoms with Crippen LogP contribution in [-0.2, 0) is 13.5 Å². The van der Waals surface area contributed by atoms with Crippen LogP contribution >= 0.6 is 11.3 Å². The van der Waals surface area contributed by atoms with Crippen molar-refractivity contribution in [1.29, 1.82) is 0 Å². The van der Waals surface area contributed by atoms with Gasteiger partial charge in [0, 0.05) is 13.0 Å². The van der Waals surface area contributed by atoms with Gasteiger partial charge < -0.3 is 5.32 Å². The molecule has 7 nitrogen and oxygen atoms in total. The molecular formula is C15H22N6OS. The number of rotatable bonds is 5. The Labute approximate surface area is 139 Å². The zero-order chi connectivity index (χ0) is 16.2. The molecule has 2 aromatic rings. The predicted octanol–water partition coefficient (Wildman–Crippen LogP) is 1.94. The van der Waals surface area contributed by atoms with Crippen LogP contribution in [-0.4, -0.2) is 38.7 Å². The van der Waals surface area contributed by atoms with Gasteiger partial charge in [-0.05, 0) is 38.8 Å². The molecule has 1 aliphatic rings. The first-order valence-electron chi connectivity index (χ1n) is 8.05. The van der Waals surface area contributed by atoms with Crippen molar-refractivity contribution >= 4 is 23.2 Å². The fourth-order valence-electron chi connectivity index (χ4n) is 2.67. The second kappa shape index (κ2) is 7.18. The largest absolute Gasteiger partial charge is 0.317 e. The summed E-state index contributed by atoms with van der Waals surface area (Å²) in [5.74, 6) is 1.51. The summed E-state index contributed by atoms with van der Waals surface area (Å²) in [7, 11) is 1.81. The summed E-state index contributed by atoms with van der Waals surface area (Å²) < 4.78 is 1.64. The minimum atomic E-state index is -0.169. The molecule has 3 rings (SSSR count). The van der Waals surface area contributed by atoms with Gasteiger partial charge in [-0.1, -0.05) is 6.92 Å². The first-order valence-corrected chi connectivity index (χ1v) is 8.86. The van der Waals surface area contributed by atoms with Crippen LogP contribution in [0.3, 0.4) is 0 Å². The van der Waals surface area contributed by atoms with E-state index in [4.69, 9.17) is 0 Å². The topological polar surface area (TPSA) is 84.7 Å². The summed E-state index contributed by atoms with van der Waals surface area (Å²) in [5, 5.41) is 11.6. The van der Waals surface area contributed by atoms with E-state index in [9.17, 15) is 4.79 Å². The Morgan fingerprint density at radius 2 is 2.26 bits per heavy atom. The quantitative estimate of drug-likeness (QED) is 0.873. The first-order chi connectivity index (χ1) is 11.2. The molecular weight excluding hydrogens is 312 g/mol. The van der Waals surface area contributed by atoms with Gasteiger partial charge in [-0.2, -0.15) is 10.1 Å². The fraction of sp³-hybridized carbons (Fsp3) is 0.600. The number of carbonyl (C=O) groups is 1. The van der Waals surface area contributed by atoms with Crippen LogP contribution in [0.1, 0.15) is 52.6 Å². The van der Waals surface area contributed by atoms with E-state index in [-0.39, 0.29) is 5.91 Å². The Hall–Kier alpha value is -1.80. The fourth-order valence-corrected chi connectivity index (χ4v) is 3.59. The van der Waals surface area contributed by atoms with Crippen LogP contribution in [0.4, 0.5) is 5.95 Å².